The number of hydrogen-bond donors (Lipinski definition) is 2. The van der Waals surface area contributed by atoms with Crippen LogP contribution in [0.15, 0.2) is 53.0 Å². The maximum absolute atomic E-state index is 13.4. The topological polar surface area (TPSA) is 78.5 Å². The number of halogens is 1. The largest absolute Gasteiger partial charge is 0.338 e. The Labute approximate surface area is 172 Å². The van der Waals surface area contributed by atoms with Crippen LogP contribution in [0, 0.1) is 0 Å². The third-order valence-electron chi connectivity index (χ3n) is 4.67. The second-order valence-electron chi connectivity index (χ2n) is 7.10. The van der Waals surface area contributed by atoms with Crippen molar-refractivity contribution in [3.8, 4) is 0 Å². The van der Waals surface area contributed by atoms with Crippen LogP contribution < -0.4 is 15.5 Å². The first-order valence-corrected chi connectivity index (χ1v) is 9.81. The lowest BCUT2D eigenvalue weighted by atomic mass is 9.87. The van der Waals surface area contributed by atoms with Crippen LogP contribution in [0.2, 0.25) is 0 Å². The highest BCUT2D eigenvalue weighted by molar-refractivity contribution is 9.10. The Kier molecular flexibility index (Phi) is 5.56. The molecule has 0 saturated heterocycles. The Morgan fingerprint density at radius 2 is 1.75 bits per heavy atom. The maximum atomic E-state index is 13.4. The molecule has 0 bridgehead atoms. The summed E-state index contributed by atoms with van der Waals surface area (Å²) < 4.78 is 0.896. The van der Waals surface area contributed by atoms with E-state index in [0.29, 0.717) is 16.9 Å². The Morgan fingerprint density at radius 3 is 2.36 bits per heavy atom. The van der Waals surface area contributed by atoms with Crippen LogP contribution in [0.4, 0.5) is 11.4 Å². The molecule has 1 atom stereocenters. The second-order valence-corrected chi connectivity index (χ2v) is 8.02. The van der Waals surface area contributed by atoms with Crippen LogP contribution in [-0.2, 0) is 19.9 Å². The average molecular weight is 444 g/mol. The number of para-hydroxylation sites is 1. The predicted molar refractivity (Wildman–Crippen MR) is 112 cm³/mol. The van der Waals surface area contributed by atoms with Gasteiger partial charge in [-0.1, -0.05) is 34.1 Å². The highest BCUT2D eigenvalue weighted by Crippen LogP contribution is 2.43. The molecular weight excluding hydrogens is 422 g/mol. The lowest BCUT2D eigenvalue weighted by molar-refractivity contribution is -0.133. The first kappa shape index (κ1) is 20.1. The van der Waals surface area contributed by atoms with E-state index in [-0.39, 0.29) is 30.2 Å². The van der Waals surface area contributed by atoms with Gasteiger partial charge in [0.25, 0.3) is 5.91 Å². The maximum Gasteiger partial charge on any atom is 0.258 e. The van der Waals surface area contributed by atoms with Gasteiger partial charge in [-0.15, -0.1) is 0 Å². The Balaban J connectivity index is 1.99. The molecule has 2 aromatic carbocycles. The zero-order chi connectivity index (χ0) is 20.5. The number of rotatable bonds is 5. The molecular formula is C21H22BrN3O3. The fourth-order valence-corrected chi connectivity index (χ4v) is 3.87. The van der Waals surface area contributed by atoms with E-state index in [1.807, 2.05) is 38.1 Å². The molecule has 146 valence electrons. The third kappa shape index (κ3) is 3.67. The molecule has 0 radical (unpaired) electrons. The first-order valence-electron chi connectivity index (χ1n) is 9.02. The zero-order valence-corrected chi connectivity index (χ0v) is 17.5. The molecule has 0 spiro atoms. The van der Waals surface area contributed by atoms with Gasteiger partial charge in [0.05, 0.1) is 12.1 Å². The van der Waals surface area contributed by atoms with Crippen molar-refractivity contribution in [3.05, 3.63) is 58.6 Å². The van der Waals surface area contributed by atoms with Crippen molar-refractivity contribution in [2.45, 2.75) is 38.8 Å². The minimum atomic E-state index is -1.42. The summed E-state index contributed by atoms with van der Waals surface area (Å²) in [6.45, 7) is 5.16. The highest BCUT2D eigenvalue weighted by Gasteiger charge is 2.53. The molecule has 3 rings (SSSR count). The van der Waals surface area contributed by atoms with E-state index >= 15 is 0 Å². The Hall–Kier alpha value is -2.67. The molecule has 0 aliphatic carbocycles. The van der Waals surface area contributed by atoms with E-state index < -0.39 is 5.54 Å². The zero-order valence-electron chi connectivity index (χ0n) is 16.0. The van der Waals surface area contributed by atoms with Gasteiger partial charge in [0.2, 0.25) is 11.8 Å². The van der Waals surface area contributed by atoms with Gasteiger partial charge >= 0.3 is 0 Å². The number of hydrogen-bond acceptors (Lipinski definition) is 3. The van der Waals surface area contributed by atoms with Crippen LogP contribution in [-0.4, -0.2) is 23.8 Å². The molecule has 3 amide bonds. The molecule has 1 heterocycles. The normalized spacial score (nSPS) is 18.2. The van der Waals surface area contributed by atoms with Crippen LogP contribution in [0.1, 0.15) is 32.8 Å². The van der Waals surface area contributed by atoms with Gasteiger partial charge in [-0.3, -0.25) is 14.4 Å². The van der Waals surface area contributed by atoms with E-state index in [1.165, 1.54) is 6.92 Å². The fraction of sp³-hybridized carbons (Fsp3) is 0.286. The standard InChI is InChI=1S/C21H22BrN3O3/c1-13(2)25-18-7-5-4-6-17(18)21(20(25)28,24-14(3)26)12-19(27)23-16-10-8-15(22)9-11-16/h4-11,13H,12H2,1-3H3,(H,23,27)(H,24,26)/t21-/m0/s1. The van der Waals surface area contributed by atoms with Crippen molar-refractivity contribution in [1.82, 2.24) is 5.32 Å². The Morgan fingerprint density at radius 1 is 1.11 bits per heavy atom. The van der Waals surface area contributed by atoms with E-state index in [9.17, 15) is 14.4 Å². The van der Waals surface area contributed by atoms with Crippen molar-refractivity contribution >= 4 is 45.0 Å². The number of nitrogens with zero attached hydrogens (tertiary/aromatic N) is 1. The summed E-state index contributed by atoms with van der Waals surface area (Å²) in [5.41, 5.74) is 0.541. The quantitative estimate of drug-likeness (QED) is 0.741. The first-order chi connectivity index (χ1) is 13.2. The molecule has 0 aromatic heterocycles. The van der Waals surface area contributed by atoms with Crippen molar-refractivity contribution in [3.63, 3.8) is 0 Å². The minimum absolute atomic E-state index is 0.112. The van der Waals surface area contributed by atoms with E-state index in [4.69, 9.17) is 0 Å². The molecule has 2 aromatic rings. The number of benzene rings is 2. The van der Waals surface area contributed by atoms with Gasteiger partial charge in [-0.05, 0) is 44.2 Å². The molecule has 0 unspecified atom stereocenters. The second kappa shape index (κ2) is 7.75. The lowest BCUT2D eigenvalue weighted by Crippen LogP contribution is -2.55. The molecule has 28 heavy (non-hydrogen) atoms. The number of anilines is 2. The number of nitrogens with one attached hydrogen (secondary N) is 2. The summed E-state index contributed by atoms with van der Waals surface area (Å²) in [5, 5.41) is 5.58. The average Bonchev–Trinajstić information content (AvgIpc) is 2.85. The summed E-state index contributed by atoms with van der Waals surface area (Å²) in [6.07, 6.45) is -0.193. The minimum Gasteiger partial charge on any atom is -0.338 e. The molecule has 6 nitrogen and oxygen atoms in total. The highest BCUT2D eigenvalue weighted by atomic mass is 79.9. The molecule has 0 fully saturated rings. The van der Waals surface area contributed by atoms with E-state index in [0.717, 1.165) is 4.47 Å². The summed E-state index contributed by atoms with van der Waals surface area (Å²) in [4.78, 5) is 39.9. The van der Waals surface area contributed by atoms with E-state index in [2.05, 4.69) is 26.6 Å². The summed E-state index contributed by atoms with van der Waals surface area (Å²) in [7, 11) is 0. The molecule has 0 saturated carbocycles. The summed E-state index contributed by atoms with van der Waals surface area (Å²) in [6, 6.07) is 14.3. The fourth-order valence-electron chi connectivity index (χ4n) is 3.60. The number of amides is 3. The van der Waals surface area contributed by atoms with Gasteiger partial charge in [-0.2, -0.15) is 0 Å². The van der Waals surface area contributed by atoms with Crippen LogP contribution in [0.3, 0.4) is 0 Å². The smallest absolute Gasteiger partial charge is 0.258 e. The number of fused-ring (bicyclic) bond motifs is 1. The monoisotopic (exact) mass is 443 g/mol. The number of carbonyl (C=O) groups is 3. The van der Waals surface area contributed by atoms with Crippen LogP contribution in [0.25, 0.3) is 0 Å². The summed E-state index contributed by atoms with van der Waals surface area (Å²) >= 11 is 3.35. The van der Waals surface area contributed by atoms with Gasteiger partial charge < -0.3 is 15.5 Å². The molecule has 2 N–H and O–H groups in total. The van der Waals surface area contributed by atoms with Gasteiger partial charge in [-0.25, -0.2) is 0 Å². The van der Waals surface area contributed by atoms with Crippen molar-refractivity contribution in [1.29, 1.82) is 0 Å². The van der Waals surface area contributed by atoms with Crippen molar-refractivity contribution in [2.24, 2.45) is 0 Å². The van der Waals surface area contributed by atoms with Gasteiger partial charge in [0.15, 0.2) is 5.54 Å². The molecule has 1 aliphatic rings. The lowest BCUT2D eigenvalue weighted by Gasteiger charge is -2.30. The number of carbonyl (C=O) groups excluding carboxylic acids is 3. The summed E-state index contributed by atoms with van der Waals surface area (Å²) in [5.74, 6) is -1.03. The van der Waals surface area contributed by atoms with Gasteiger partial charge in [0, 0.05) is 28.7 Å². The molecule has 7 heteroatoms. The third-order valence-corrected chi connectivity index (χ3v) is 5.20. The molecule has 1 aliphatic heterocycles. The van der Waals surface area contributed by atoms with Crippen LogP contribution >= 0.6 is 15.9 Å². The van der Waals surface area contributed by atoms with Crippen molar-refractivity contribution < 1.29 is 14.4 Å². The van der Waals surface area contributed by atoms with E-state index in [1.54, 1.807) is 29.2 Å². The predicted octanol–water partition coefficient (Wildman–Crippen LogP) is 3.56. The SMILES string of the molecule is CC(=O)N[C@]1(CC(=O)Nc2ccc(Br)cc2)C(=O)N(C(C)C)c2ccccc21. The van der Waals surface area contributed by atoms with Gasteiger partial charge in [0.1, 0.15) is 0 Å². The Bertz CT molecular complexity index is 927. The van der Waals surface area contributed by atoms with Crippen LogP contribution in [0.5, 0.6) is 0 Å². The van der Waals surface area contributed by atoms with Crippen molar-refractivity contribution in [2.75, 3.05) is 10.2 Å².